The van der Waals surface area contributed by atoms with Gasteiger partial charge in [-0.15, -0.1) is 0 Å². The van der Waals surface area contributed by atoms with Crippen LogP contribution >= 0.6 is 0 Å². The zero-order valence-electron chi connectivity index (χ0n) is 16.7. The van der Waals surface area contributed by atoms with Crippen LogP contribution in [0.25, 0.3) is 0 Å². The fraction of sp³-hybridized carbons (Fsp3) is 0.455. The largest absolute Gasteiger partial charge is 0.453 e. The van der Waals surface area contributed by atoms with Crippen LogP contribution in [0, 0.1) is 11.2 Å². The Morgan fingerprint density at radius 2 is 2.31 bits per heavy atom. The van der Waals surface area contributed by atoms with Gasteiger partial charge in [-0.1, -0.05) is 6.07 Å². The normalized spacial score (nSPS) is 21.7. The Morgan fingerprint density at radius 1 is 1.38 bits per heavy atom. The van der Waals surface area contributed by atoms with Crippen molar-refractivity contribution in [3.63, 3.8) is 0 Å². The molecule has 1 aromatic heterocycles. The molecule has 0 bridgehead atoms. The molecule has 2 aromatic rings. The molecule has 154 valence electrons. The molecular weight excluding hydrogens is 371 g/mol. The Balaban J connectivity index is 1.42. The number of hydrogen-bond donors (Lipinski definition) is 1. The van der Waals surface area contributed by atoms with Crippen molar-refractivity contribution in [3.8, 4) is 11.5 Å². The fourth-order valence-corrected chi connectivity index (χ4v) is 3.94. The molecule has 0 radical (unpaired) electrons. The van der Waals surface area contributed by atoms with Crippen LogP contribution in [0.2, 0.25) is 0 Å². The second-order valence-corrected chi connectivity index (χ2v) is 7.70. The summed E-state index contributed by atoms with van der Waals surface area (Å²) >= 11 is 0. The van der Waals surface area contributed by atoms with Crippen molar-refractivity contribution in [2.75, 3.05) is 32.8 Å². The van der Waals surface area contributed by atoms with Gasteiger partial charge in [-0.25, -0.2) is 9.38 Å². The van der Waals surface area contributed by atoms with Crippen molar-refractivity contribution in [1.29, 1.82) is 0 Å². The molecule has 6 nitrogen and oxygen atoms in total. The van der Waals surface area contributed by atoms with E-state index in [-0.39, 0.29) is 11.2 Å². The van der Waals surface area contributed by atoms with Crippen molar-refractivity contribution in [1.82, 2.24) is 15.2 Å². The highest BCUT2D eigenvalue weighted by atomic mass is 19.1. The monoisotopic (exact) mass is 398 g/mol. The quantitative estimate of drug-likeness (QED) is 0.616. The summed E-state index contributed by atoms with van der Waals surface area (Å²) < 4.78 is 25.7. The number of nitrogens with one attached hydrogen (secondary N) is 1. The van der Waals surface area contributed by atoms with E-state index in [9.17, 15) is 4.39 Å². The Morgan fingerprint density at radius 3 is 3.03 bits per heavy atom. The molecule has 0 amide bonds. The maximum Gasteiger partial charge on any atom is 0.194 e. The number of pyridine rings is 1. The molecule has 0 aliphatic carbocycles. The van der Waals surface area contributed by atoms with Gasteiger partial charge in [0, 0.05) is 37.9 Å². The molecule has 1 aromatic carbocycles. The lowest BCUT2D eigenvalue weighted by molar-refractivity contribution is 0.156. The fourth-order valence-electron chi connectivity index (χ4n) is 3.94. The molecule has 0 saturated carbocycles. The maximum absolute atomic E-state index is 14.5. The number of aromatic nitrogens is 1. The molecule has 2 saturated heterocycles. The average molecular weight is 398 g/mol. The standard InChI is InChI=1S/C22H27FN4O2/c1-2-25-21(27-10-7-22(15-27)8-11-28-16-22)26-13-17-5-6-20(19(23)12-17)29-18-4-3-9-24-14-18/h3-6,9,12,14H,2,7-8,10-11,13,15-16H2,1H3,(H,25,26). The number of ether oxygens (including phenoxy) is 2. The summed E-state index contributed by atoms with van der Waals surface area (Å²) in [4.78, 5) is 11.0. The van der Waals surface area contributed by atoms with Crippen LogP contribution in [-0.2, 0) is 11.3 Å². The molecule has 2 fully saturated rings. The first kappa shape index (κ1) is 19.6. The van der Waals surface area contributed by atoms with Crippen LogP contribution in [0.5, 0.6) is 11.5 Å². The lowest BCUT2D eigenvalue weighted by atomic mass is 9.87. The van der Waals surface area contributed by atoms with Gasteiger partial charge in [0.2, 0.25) is 0 Å². The van der Waals surface area contributed by atoms with Crippen LogP contribution < -0.4 is 10.1 Å². The first-order valence-electron chi connectivity index (χ1n) is 10.1. The molecule has 1 N–H and O–H groups in total. The van der Waals surface area contributed by atoms with Crippen molar-refractivity contribution in [3.05, 3.63) is 54.1 Å². The summed E-state index contributed by atoms with van der Waals surface area (Å²) in [6.45, 7) is 6.90. The van der Waals surface area contributed by atoms with Crippen molar-refractivity contribution in [2.45, 2.75) is 26.3 Å². The number of hydrogen-bond acceptors (Lipinski definition) is 4. The van der Waals surface area contributed by atoms with E-state index in [0.29, 0.717) is 12.3 Å². The van der Waals surface area contributed by atoms with Crippen molar-refractivity contribution in [2.24, 2.45) is 10.4 Å². The Hall–Kier alpha value is -2.67. The third kappa shape index (κ3) is 4.67. The molecule has 1 atom stereocenters. The van der Waals surface area contributed by atoms with Gasteiger partial charge in [-0.05, 0) is 49.6 Å². The van der Waals surface area contributed by atoms with E-state index >= 15 is 0 Å². The van der Waals surface area contributed by atoms with Crippen LogP contribution in [0.4, 0.5) is 4.39 Å². The summed E-state index contributed by atoms with van der Waals surface area (Å²) in [7, 11) is 0. The summed E-state index contributed by atoms with van der Waals surface area (Å²) in [5, 5.41) is 3.37. The predicted octanol–water partition coefficient (Wildman–Crippen LogP) is 3.59. The SMILES string of the molecule is CCNC(=NCc1ccc(Oc2cccnc2)c(F)c1)N1CCC2(CCOC2)C1. The van der Waals surface area contributed by atoms with Gasteiger partial charge in [-0.2, -0.15) is 0 Å². The second-order valence-electron chi connectivity index (χ2n) is 7.70. The number of aliphatic imine (C=N–C) groups is 1. The number of guanidine groups is 1. The summed E-state index contributed by atoms with van der Waals surface area (Å²) in [6, 6.07) is 8.46. The number of halogens is 1. The molecule has 3 heterocycles. The van der Waals surface area contributed by atoms with E-state index in [4.69, 9.17) is 14.5 Å². The van der Waals surface area contributed by atoms with E-state index in [1.807, 2.05) is 6.07 Å². The molecule has 4 rings (SSSR count). The first-order chi connectivity index (χ1) is 14.2. The average Bonchev–Trinajstić information content (AvgIpc) is 3.38. The van der Waals surface area contributed by atoms with Crippen LogP contribution in [-0.4, -0.2) is 48.7 Å². The molecule has 2 aliphatic heterocycles. The van der Waals surface area contributed by atoms with E-state index in [0.717, 1.165) is 57.2 Å². The van der Waals surface area contributed by atoms with Crippen LogP contribution in [0.3, 0.4) is 0 Å². The van der Waals surface area contributed by atoms with E-state index in [1.165, 1.54) is 6.07 Å². The highest BCUT2D eigenvalue weighted by Crippen LogP contribution is 2.38. The van der Waals surface area contributed by atoms with Gasteiger partial charge < -0.3 is 19.7 Å². The summed E-state index contributed by atoms with van der Waals surface area (Å²) in [6.07, 6.45) is 5.45. The lowest BCUT2D eigenvalue weighted by Gasteiger charge is -2.25. The van der Waals surface area contributed by atoms with Gasteiger partial charge in [0.1, 0.15) is 5.75 Å². The van der Waals surface area contributed by atoms with Gasteiger partial charge in [-0.3, -0.25) is 4.98 Å². The second kappa shape index (κ2) is 8.78. The first-order valence-corrected chi connectivity index (χ1v) is 10.1. The van der Waals surface area contributed by atoms with Gasteiger partial charge in [0.25, 0.3) is 0 Å². The minimum atomic E-state index is -0.408. The molecular formula is C22H27FN4O2. The number of benzene rings is 1. The highest BCUT2D eigenvalue weighted by Gasteiger charge is 2.42. The number of likely N-dealkylation sites (tertiary alicyclic amines) is 1. The zero-order valence-corrected chi connectivity index (χ0v) is 16.7. The number of rotatable bonds is 5. The molecule has 29 heavy (non-hydrogen) atoms. The van der Waals surface area contributed by atoms with E-state index in [1.54, 1.807) is 30.6 Å². The summed E-state index contributed by atoms with van der Waals surface area (Å²) in [5.74, 6) is 1.16. The zero-order chi connectivity index (χ0) is 20.1. The molecule has 1 unspecified atom stereocenters. The predicted molar refractivity (Wildman–Crippen MR) is 110 cm³/mol. The third-order valence-electron chi connectivity index (χ3n) is 5.53. The third-order valence-corrected chi connectivity index (χ3v) is 5.53. The minimum absolute atomic E-state index is 0.181. The van der Waals surface area contributed by atoms with Gasteiger partial charge >= 0.3 is 0 Å². The highest BCUT2D eigenvalue weighted by molar-refractivity contribution is 5.80. The van der Waals surface area contributed by atoms with Crippen LogP contribution in [0.1, 0.15) is 25.3 Å². The topological polar surface area (TPSA) is 59.0 Å². The molecule has 1 spiro atoms. The Labute approximate surface area is 170 Å². The molecule has 2 aliphatic rings. The Kier molecular flexibility index (Phi) is 5.94. The van der Waals surface area contributed by atoms with Crippen molar-refractivity contribution < 1.29 is 13.9 Å². The lowest BCUT2D eigenvalue weighted by Crippen LogP contribution is -2.41. The van der Waals surface area contributed by atoms with Gasteiger partial charge in [0.15, 0.2) is 17.5 Å². The van der Waals surface area contributed by atoms with E-state index < -0.39 is 5.82 Å². The minimum Gasteiger partial charge on any atom is -0.453 e. The van der Waals surface area contributed by atoms with Crippen LogP contribution in [0.15, 0.2) is 47.7 Å². The summed E-state index contributed by atoms with van der Waals surface area (Å²) in [5.41, 5.74) is 1.07. The number of nitrogens with zero attached hydrogens (tertiary/aromatic N) is 3. The Bertz CT molecular complexity index is 853. The smallest absolute Gasteiger partial charge is 0.194 e. The molecule has 7 heteroatoms. The van der Waals surface area contributed by atoms with E-state index in [2.05, 4.69) is 22.1 Å². The maximum atomic E-state index is 14.5. The van der Waals surface area contributed by atoms with Crippen molar-refractivity contribution >= 4 is 5.96 Å². The van der Waals surface area contributed by atoms with Gasteiger partial charge in [0.05, 0.1) is 19.3 Å².